The Morgan fingerprint density at radius 1 is 1.19 bits per heavy atom. The Bertz CT molecular complexity index is 1080. The molecule has 9 heteroatoms. The summed E-state index contributed by atoms with van der Waals surface area (Å²) in [6.07, 6.45) is 5.35. The standard InChI is InChI=1S/C23H25N5O3.ClH/c1-16(14-28-9-8-25-15-28)27-20-6-4-17(12-24)10-19(20)23(29)26-13-18-5-7-21(30-2)22(11-18)31-3;/h4-11,15-16,27H,13-14H2,1-3H3,(H,26,29);1H. The molecule has 0 radical (unpaired) electrons. The zero-order chi connectivity index (χ0) is 22.2. The monoisotopic (exact) mass is 455 g/mol. The van der Waals surface area contributed by atoms with Crippen molar-refractivity contribution >= 4 is 24.0 Å². The van der Waals surface area contributed by atoms with Gasteiger partial charge in [-0.05, 0) is 42.8 Å². The van der Waals surface area contributed by atoms with Crippen molar-refractivity contribution in [3.8, 4) is 17.6 Å². The van der Waals surface area contributed by atoms with E-state index >= 15 is 0 Å². The topological polar surface area (TPSA) is 101 Å². The average Bonchev–Trinajstić information content (AvgIpc) is 3.30. The molecule has 0 aliphatic heterocycles. The van der Waals surface area contributed by atoms with Crippen molar-refractivity contribution < 1.29 is 14.3 Å². The number of anilines is 1. The number of carbonyl (C=O) groups is 1. The van der Waals surface area contributed by atoms with Gasteiger partial charge in [-0.15, -0.1) is 12.4 Å². The number of methoxy groups -OCH3 is 2. The highest BCUT2D eigenvalue weighted by molar-refractivity contribution is 6.00. The number of imidazole rings is 1. The molecular formula is C23H26ClN5O3. The van der Waals surface area contributed by atoms with Gasteiger partial charge in [0.15, 0.2) is 11.5 Å². The molecule has 1 unspecified atom stereocenters. The van der Waals surface area contributed by atoms with E-state index in [1.54, 1.807) is 51.0 Å². The smallest absolute Gasteiger partial charge is 0.253 e. The minimum Gasteiger partial charge on any atom is -0.493 e. The molecule has 168 valence electrons. The van der Waals surface area contributed by atoms with Gasteiger partial charge in [-0.1, -0.05) is 6.07 Å². The first kappa shape index (κ1) is 24.6. The number of benzene rings is 2. The minimum atomic E-state index is -0.274. The fourth-order valence-corrected chi connectivity index (χ4v) is 3.22. The highest BCUT2D eigenvalue weighted by atomic mass is 35.5. The molecule has 2 aromatic carbocycles. The fraction of sp³-hybridized carbons (Fsp3) is 0.261. The first-order valence-corrected chi connectivity index (χ1v) is 9.79. The van der Waals surface area contributed by atoms with Crippen LogP contribution in [-0.2, 0) is 13.1 Å². The van der Waals surface area contributed by atoms with Crippen LogP contribution in [0.3, 0.4) is 0 Å². The maximum Gasteiger partial charge on any atom is 0.253 e. The second-order valence-electron chi connectivity index (χ2n) is 7.05. The molecule has 1 atom stereocenters. The van der Waals surface area contributed by atoms with Gasteiger partial charge in [0.2, 0.25) is 0 Å². The number of carbonyl (C=O) groups excluding carboxylic acids is 1. The van der Waals surface area contributed by atoms with Crippen molar-refractivity contribution in [3.05, 3.63) is 71.8 Å². The van der Waals surface area contributed by atoms with E-state index in [1.807, 2.05) is 29.8 Å². The molecule has 1 amide bonds. The molecule has 0 aliphatic rings. The van der Waals surface area contributed by atoms with Crippen LogP contribution in [0.15, 0.2) is 55.1 Å². The molecule has 0 bridgehead atoms. The lowest BCUT2D eigenvalue weighted by atomic mass is 10.1. The lowest BCUT2D eigenvalue weighted by Crippen LogP contribution is -2.27. The zero-order valence-electron chi connectivity index (χ0n) is 18.2. The number of amides is 1. The van der Waals surface area contributed by atoms with E-state index in [-0.39, 0.29) is 24.4 Å². The van der Waals surface area contributed by atoms with Crippen LogP contribution in [0.25, 0.3) is 0 Å². The molecule has 0 spiro atoms. The van der Waals surface area contributed by atoms with Crippen molar-refractivity contribution in [3.63, 3.8) is 0 Å². The number of aromatic nitrogens is 2. The molecule has 8 nitrogen and oxygen atoms in total. The molecular weight excluding hydrogens is 430 g/mol. The summed E-state index contributed by atoms with van der Waals surface area (Å²) in [6, 6.07) is 12.6. The Morgan fingerprint density at radius 2 is 1.97 bits per heavy atom. The molecule has 32 heavy (non-hydrogen) atoms. The molecule has 1 heterocycles. The molecule has 0 fully saturated rings. The molecule has 1 aromatic heterocycles. The van der Waals surface area contributed by atoms with E-state index in [1.165, 1.54) is 0 Å². The quantitative estimate of drug-likeness (QED) is 0.511. The molecule has 3 aromatic rings. The maximum absolute atomic E-state index is 13.0. The average molecular weight is 456 g/mol. The first-order valence-electron chi connectivity index (χ1n) is 9.79. The summed E-state index contributed by atoms with van der Waals surface area (Å²) in [5.74, 6) is 0.943. The molecule has 3 rings (SSSR count). The first-order chi connectivity index (χ1) is 15.0. The SMILES string of the molecule is COc1ccc(CNC(=O)c2cc(C#N)ccc2NC(C)Cn2ccnc2)cc1OC.Cl. The normalized spacial score (nSPS) is 10.9. The van der Waals surface area contributed by atoms with E-state index in [0.29, 0.717) is 41.4 Å². The Balaban J connectivity index is 0.00000363. The number of nitrogens with zero attached hydrogens (tertiary/aromatic N) is 3. The summed E-state index contributed by atoms with van der Waals surface area (Å²) in [7, 11) is 3.14. The van der Waals surface area contributed by atoms with Gasteiger partial charge in [-0.3, -0.25) is 4.79 Å². The van der Waals surface area contributed by atoms with Crippen molar-refractivity contribution in [1.29, 1.82) is 5.26 Å². The summed E-state index contributed by atoms with van der Waals surface area (Å²) in [5.41, 5.74) is 2.36. The van der Waals surface area contributed by atoms with Crippen molar-refractivity contribution in [1.82, 2.24) is 14.9 Å². The third-order valence-electron chi connectivity index (χ3n) is 4.74. The van der Waals surface area contributed by atoms with Gasteiger partial charge in [0, 0.05) is 37.2 Å². The predicted molar refractivity (Wildman–Crippen MR) is 124 cm³/mol. The second-order valence-corrected chi connectivity index (χ2v) is 7.05. The minimum absolute atomic E-state index is 0. The van der Waals surface area contributed by atoms with E-state index < -0.39 is 0 Å². The number of halogens is 1. The van der Waals surface area contributed by atoms with Crippen LogP contribution in [0.5, 0.6) is 11.5 Å². The van der Waals surface area contributed by atoms with Crippen LogP contribution in [0.4, 0.5) is 5.69 Å². The number of rotatable bonds is 9. The summed E-state index contributed by atoms with van der Waals surface area (Å²) in [5, 5.41) is 15.5. The van der Waals surface area contributed by atoms with Gasteiger partial charge >= 0.3 is 0 Å². The number of hydrogen-bond acceptors (Lipinski definition) is 6. The van der Waals surface area contributed by atoms with Crippen molar-refractivity contribution in [2.75, 3.05) is 19.5 Å². The number of nitrogens with one attached hydrogen (secondary N) is 2. The number of ether oxygens (including phenoxy) is 2. The van der Waals surface area contributed by atoms with Gasteiger partial charge in [0.1, 0.15) is 0 Å². The van der Waals surface area contributed by atoms with Crippen LogP contribution in [0.1, 0.15) is 28.4 Å². The van der Waals surface area contributed by atoms with Crippen LogP contribution < -0.4 is 20.1 Å². The third-order valence-corrected chi connectivity index (χ3v) is 4.74. The van der Waals surface area contributed by atoms with E-state index in [2.05, 4.69) is 21.7 Å². The molecule has 2 N–H and O–H groups in total. The maximum atomic E-state index is 13.0. The Labute approximate surface area is 193 Å². The third kappa shape index (κ3) is 6.15. The molecule has 0 saturated carbocycles. The Kier molecular flexibility index (Phi) is 8.93. The second kappa shape index (κ2) is 11.6. The van der Waals surface area contributed by atoms with Crippen LogP contribution in [0.2, 0.25) is 0 Å². The fourth-order valence-electron chi connectivity index (χ4n) is 3.22. The van der Waals surface area contributed by atoms with E-state index in [4.69, 9.17) is 9.47 Å². The molecule has 0 aliphatic carbocycles. The van der Waals surface area contributed by atoms with Gasteiger partial charge in [0.25, 0.3) is 5.91 Å². The van der Waals surface area contributed by atoms with Crippen LogP contribution in [-0.4, -0.2) is 35.7 Å². The van der Waals surface area contributed by atoms with Crippen molar-refractivity contribution in [2.24, 2.45) is 0 Å². The predicted octanol–water partition coefficient (Wildman–Crippen LogP) is 3.62. The Morgan fingerprint density at radius 3 is 2.62 bits per heavy atom. The highest BCUT2D eigenvalue weighted by Gasteiger charge is 2.15. The summed E-state index contributed by atoms with van der Waals surface area (Å²) in [4.78, 5) is 17.0. The largest absolute Gasteiger partial charge is 0.493 e. The van der Waals surface area contributed by atoms with Crippen LogP contribution >= 0.6 is 12.4 Å². The van der Waals surface area contributed by atoms with Crippen molar-refractivity contribution in [2.45, 2.75) is 26.1 Å². The van der Waals surface area contributed by atoms with Gasteiger partial charge in [-0.2, -0.15) is 5.26 Å². The van der Waals surface area contributed by atoms with Gasteiger partial charge in [-0.25, -0.2) is 4.98 Å². The highest BCUT2D eigenvalue weighted by Crippen LogP contribution is 2.27. The lowest BCUT2D eigenvalue weighted by Gasteiger charge is -2.19. The van der Waals surface area contributed by atoms with Crippen LogP contribution in [0, 0.1) is 11.3 Å². The van der Waals surface area contributed by atoms with E-state index in [9.17, 15) is 10.1 Å². The summed E-state index contributed by atoms with van der Waals surface area (Å²) in [6.45, 7) is 3.01. The Hall–Kier alpha value is -3.70. The van der Waals surface area contributed by atoms with E-state index in [0.717, 1.165) is 5.56 Å². The summed E-state index contributed by atoms with van der Waals surface area (Å²) >= 11 is 0. The zero-order valence-corrected chi connectivity index (χ0v) is 19.0. The molecule has 0 saturated heterocycles. The van der Waals surface area contributed by atoms with Gasteiger partial charge in [0.05, 0.1) is 37.7 Å². The number of hydrogen-bond donors (Lipinski definition) is 2. The van der Waals surface area contributed by atoms with Gasteiger partial charge < -0.3 is 24.7 Å². The lowest BCUT2D eigenvalue weighted by molar-refractivity contribution is 0.0951. The summed E-state index contributed by atoms with van der Waals surface area (Å²) < 4.78 is 12.5. The number of nitriles is 1.